The first-order chi connectivity index (χ1) is 19.1. The van der Waals surface area contributed by atoms with Crippen LogP contribution in [0.3, 0.4) is 0 Å². The summed E-state index contributed by atoms with van der Waals surface area (Å²) in [6, 6.07) is 8.60. The molecular formula is C29H37N5O6. The Bertz CT molecular complexity index is 1440. The Hall–Kier alpha value is -3.86. The van der Waals surface area contributed by atoms with Crippen molar-refractivity contribution in [3.05, 3.63) is 52.6 Å². The number of amides is 1. The Morgan fingerprint density at radius 3 is 2.52 bits per heavy atom. The molecule has 11 heteroatoms. The summed E-state index contributed by atoms with van der Waals surface area (Å²) in [7, 11) is 1.56. The second-order valence-corrected chi connectivity index (χ2v) is 11.5. The molecule has 3 aromatic rings. The molecule has 0 radical (unpaired) electrons. The molecule has 0 atom stereocenters. The molecule has 40 heavy (non-hydrogen) atoms. The standard InChI is InChI=1S/C29H37N5O6/c1-29(2,3)34(14-11-32-26(35)8-6-20-5-7-25(38-4)31-27(20)32)12-9-22(10-13-34)33(28(36)37)19-21-17-23-24(18-30-21)40-16-15-39-23/h5-8,17-18,22H,9-16,19H2,1-4H3. The molecule has 0 unspecified atom stereocenters. The Kier molecular flexibility index (Phi) is 7.59. The average Bonchev–Trinajstić information content (AvgIpc) is 2.94. The summed E-state index contributed by atoms with van der Waals surface area (Å²) in [5.41, 5.74) is 0.969. The Balaban J connectivity index is 1.33. The Morgan fingerprint density at radius 1 is 1.15 bits per heavy atom. The van der Waals surface area contributed by atoms with Gasteiger partial charge in [0, 0.05) is 42.5 Å². The third-order valence-electron chi connectivity index (χ3n) is 8.47. The first kappa shape index (κ1) is 27.7. The van der Waals surface area contributed by atoms with Gasteiger partial charge in [0.25, 0.3) is 5.56 Å². The van der Waals surface area contributed by atoms with Crippen molar-refractivity contribution in [3.8, 4) is 17.4 Å². The third-order valence-corrected chi connectivity index (χ3v) is 8.47. The van der Waals surface area contributed by atoms with Crippen LogP contribution < -0.4 is 24.9 Å². The number of piperidine rings is 1. The van der Waals surface area contributed by atoms with Crippen molar-refractivity contribution in [1.82, 2.24) is 19.4 Å². The topological polar surface area (TPSA) is 119 Å². The van der Waals surface area contributed by atoms with Crippen molar-refractivity contribution in [2.75, 3.05) is 40.0 Å². The smallest absolute Gasteiger partial charge is 0.252 e. The van der Waals surface area contributed by atoms with E-state index in [0.717, 1.165) is 23.0 Å². The molecule has 5 heterocycles. The van der Waals surface area contributed by atoms with Crippen LogP contribution in [0.15, 0.2) is 41.3 Å². The van der Waals surface area contributed by atoms with Gasteiger partial charge in [-0.2, -0.15) is 4.98 Å². The quantitative estimate of drug-likeness (QED) is 0.410. The number of ether oxygens (including phenoxy) is 3. The number of nitrogens with zero attached hydrogens (tertiary/aromatic N) is 5. The maximum absolute atomic E-state index is 12.9. The van der Waals surface area contributed by atoms with E-state index in [1.165, 1.54) is 4.90 Å². The van der Waals surface area contributed by atoms with Crippen LogP contribution in [0, 0.1) is 0 Å². The molecule has 3 aromatic heterocycles. The first-order valence-electron chi connectivity index (χ1n) is 13.7. The highest BCUT2D eigenvalue weighted by Gasteiger charge is 2.44. The van der Waals surface area contributed by atoms with Crippen LogP contribution in [-0.4, -0.2) is 81.5 Å². The predicted octanol–water partition coefficient (Wildman–Crippen LogP) is 2.19. The maximum Gasteiger partial charge on any atom is 0.252 e. The second kappa shape index (κ2) is 11.0. The number of rotatable bonds is 7. The van der Waals surface area contributed by atoms with Crippen LogP contribution in [0.5, 0.6) is 17.4 Å². The summed E-state index contributed by atoms with van der Waals surface area (Å²) in [6.07, 6.45) is 1.72. The fourth-order valence-corrected chi connectivity index (χ4v) is 5.95. The van der Waals surface area contributed by atoms with Gasteiger partial charge in [-0.25, -0.2) is 0 Å². The number of carbonyl (C=O) groups is 1. The summed E-state index contributed by atoms with van der Waals surface area (Å²) < 4.78 is 19.0. The molecule has 1 fully saturated rings. The summed E-state index contributed by atoms with van der Waals surface area (Å²) in [5, 5.41) is 13.1. The van der Waals surface area contributed by atoms with Crippen molar-refractivity contribution in [2.45, 2.75) is 58.3 Å². The summed E-state index contributed by atoms with van der Waals surface area (Å²) >= 11 is 0. The van der Waals surface area contributed by atoms with E-state index in [4.69, 9.17) is 14.2 Å². The number of hydrogen-bond donors (Lipinski definition) is 0. The van der Waals surface area contributed by atoms with Crippen molar-refractivity contribution >= 4 is 17.1 Å². The van der Waals surface area contributed by atoms with Gasteiger partial charge >= 0.3 is 0 Å². The van der Waals surface area contributed by atoms with Crippen LogP contribution >= 0.6 is 0 Å². The fraction of sp³-hybridized carbons (Fsp3) is 0.517. The number of quaternary nitrogens is 1. The lowest BCUT2D eigenvalue weighted by molar-refractivity contribution is -0.975. The molecule has 1 amide bonds. The van der Waals surface area contributed by atoms with Crippen molar-refractivity contribution in [3.63, 3.8) is 0 Å². The lowest BCUT2D eigenvalue weighted by Gasteiger charge is -2.53. The molecule has 0 saturated carbocycles. The maximum atomic E-state index is 12.9. The Morgan fingerprint density at radius 2 is 1.85 bits per heavy atom. The first-order valence-corrected chi connectivity index (χ1v) is 13.7. The minimum absolute atomic E-state index is 0.106. The molecule has 0 bridgehead atoms. The summed E-state index contributed by atoms with van der Waals surface area (Å²) in [5.74, 6) is 1.61. The number of aromatic nitrogens is 3. The van der Waals surface area contributed by atoms with E-state index in [1.54, 1.807) is 42.1 Å². The average molecular weight is 552 g/mol. The third kappa shape index (κ3) is 5.42. The highest BCUT2D eigenvalue weighted by molar-refractivity contribution is 5.75. The van der Waals surface area contributed by atoms with Crippen LogP contribution in [0.4, 0.5) is 4.79 Å². The van der Waals surface area contributed by atoms with E-state index in [2.05, 4.69) is 30.7 Å². The molecule has 2 aliphatic rings. The number of carbonyl (C=O) groups excluding carboxylic acids is 1. The van der Waals surface area contributed by atoms with Gasteiger partial charge in [-0.15, -0.1) is 0 Å². The Labute approximate surface area is 233 Å². The van der Waals surface area contributed by atoms with Crippen molar-refractivity contribution < 1.29 is 28.6 Å². The molecule has 11 nitrogen and oxygen atoms in total. The van der Waals surface area contributed by atoms with Crippen LogP contribution in [0.1, 0.15) is 39.3 Å². The SMILES string of the molecule is COc1ccc2ccc(=O)n(CC[N+]3(C(C)(C)C)CCC(N(Cc4cc5c(cn4)OCCO5)C(=O)[O-])CC3)c2n1. The minimum Gasteiger partial charge on any atom is -0.530 e. The van der Waals surface area contributed by atoms with Gasteiger partial charge in [0.15, 0.2) is 11.5 Å². The zero-order valence-electron chi connectivity index (χ0n) is 23.6. The van der Waals surface area contributed by atoms with E-state index >= 15 is 0 Å². The highest BCUT2D eigenvalue weighted by atomic mass is 16.6. The van der Waals surface area contributed by atoms with Crippen LogP contribution in [0.2, 0.25) is 0 Å². The van der Waals surface area contributed by atoms with Gasteiger partial charge in [-0.1, -0.05) is 0 Å². The number of methoxy groups -OCH3 is 1. The van der Waals surface area contributed by atoms with Crippen LogP contribution in [-0.2, 0) is 13.1 Å². The molecule has 1 saturated heterocycles. The molecule has 0 aromatic carbocycles. The molecule has 214 valence electrons. The monoisotopic (exact) mass is 551 g/mol. The van der Waals surface area contributed by atoms with Crippen molar-refractivity contribution in [1.29, 1.82) is 0 Å². The van der Waals surface area contributed by atoms with E-state index < -0.39 is 6.09 Å². The number of hydrogen-bond acceptors (Lipinski definition) is 8. The largest absolute Gasteiger partial charge is 0.530 e. The van der Waals surface area contributed by atoms with Gasteiger partial charge < -0.3 is 33.5 Å². The van der Waals surface area contributed by atoms with E-state index in [0.29, 0.717) is 67.9 Å². The fourth-order valence-electron chi connectivity index (χ4n) is 5.95. The number of fused-ring (bicyclic) bond motifs is 2. The molecule has 0 aliphatic carbocycles. The number of carboxylic acid groups (broad SMARTS) is 1. The zero-order valence-corrected chi connectivity index (χ0v) is 23.6. The van der Waals surface area contributed by atoms with E-state index in [1.807, 2.05) is 6.07 Å². The predicted molar refractivity (Wildman–Crippen MR) is 146 cm³/mol. The van der Waals surface area contributed by atoms with Gasteiger partial charge in [0.1, 0.15) is 25.0 Å². The molecule has 2 aliphatic heterocycles. The summed E-state index contributed by atoms with van der Waals surface area (Å²) in [6.45, 7) is 10.4. The van der Waals surface area contributed by atoms with Gasteiger partial charge in [0.05, 0.1) is 57.3 Å². The number of pyridine rings is 3. The minimum atomic E-state index is -1.21. The lowest BCUT2D eigenvalue weighted by Crippen LogP contribution is -2.66. The lowest BCUT2D eigenvalue weighted by atomic mass is 9.92. The number of likely N-dealkylation sites (tertiary alicyclic amines) is 1. The van der Waals surface area contributed by atoms with E-state index in [-0.39, 0.29) is 23.7 Å². The highest BCUT2D eigenvalue weighted by Crippen LogP contribution is 2.34. The van der Waals surface area contributed by atoms with Gasteiger partial charge in [0.2, 0.25) is 5.88 Å². The molecule has 5 rings (SSSR count). The van der Waals surface area contributed by atoms with Crippen molar-refractivity contribution in [2.24, 2.45) is 0 Å². The normalized spacial score (nSPS) is 20.8. The van der Waals surface area contributed by atoms with Crippen LogP contribution in [0.25, 0.3) is 11.0 Å². The molecular weight excluding hydrogens is 514 g/mol. The molecule has 0 N–H and O–H groups in total. The van der Waals surface area contributed by atoms with Gasteiger partial charge in [-0.3, -0.25) is 14.3 Å². The molecule has 0 spiro atoms. The zero-order chi connectivity index (χ0) is 28.5. The van der Waals surface area contributed by atoms with Gasteiger partial charge in [-0.05, 0) is 32.9 Å². The second-order valence-electron chi connectivity index (χ2n) is 11.5. The van der Waals surface area contributed by atoms with E-state index in [9.17, 15) is 14.7 Å². The summed E-state index contributed by atoms with van der Waals surface area (Å²) in [4.78, 5) is 35.5.